The average Bonchev–Trinajstić information content (AvgIpc) is 2.21. The smallest absolute Gasteiger partial charge is 0.219 e. The number of hydrogen-bond donors (Lipinski definition) is 0. The molecule has 0 bridgehead atoms. The second kappa shape index (κ2) is 5.44. The number of nitrogens with zero attached hydrogens (tertiary/aromatic N) is 1. The third-order valence-electron chi connectivity index (χ3n) is 1.60. The minimum absolute atomic E-state index is 0. The second-order valence-corrected chi connectivity index (χ2v) is 2.58. The normalized spacial score (nSPS) is 8.86. The molecule has 0 aliphatic rings. The van der Waals surface area contributed by atoms with Crippen molar-refractivity contribution < 1.29 is 4.74 Å². The van der Waals surface area contributed by atoms with E-state index in [9.17, 15) is 0 Å². The molecule has 70 valence electrons. The van der Waals surface area contributed by atoms with Gasteiger partial charge in [0.2, 0.25) is 5.88 Å². The highest BCUT2D eigenvalue weighted by Gasteiger charge is 1.93. The summed E-state index contributed by atoms with van der Waals surface area (Å²) in [5.41, 5.74) is 0. The third kappa shape index (κ3) is 2.88. The van der Waals surface area contributed by atoms with Gasteiger partial charge in [0.15, 0.2) is 17.4 Å². The number of rotatable bonds is 2. The largest absolute Gasteiger partial charge is 0.439 e. The van der Waals surface area contributed by atoms with Crippen molar-refractivity contribution in [1.29, 1.82) is 0 Å². The van der Waals surface area contributed by atoms with Gasteiger partial charge in [-0.05, 0) is 18.2 Å². The molecule has 0 N–H and O–H groups in total. The third-order valence-corrected chi connectivity index (χ3v) is 1.60. The van der Waals surface area contributed by atoms with Gasteiger partial charge in [-0.15, -0.1) is 0 Å². The van der Waals surface area contributed by atoms with E-state index in [0.29, 0.717) is 5.88 Å². The maximum absolute atomic E-state index is 5.47. The standard InChI is InChI=1S/C11H9NO.Al.3H/c1-2-6-10(7-3-1)13-11-8-4-5-9-12-11;;;;/h1-9H;;;;. The predicted octanol–water partition coefficient (Wildman–Crippen LogP) is 1.69. The monoisotopic (exact) mass is 201 g/mol. The molecule has 0 saturated carbocycles. The lowest BCUT2D eigenvalue weighted by molar-refractivity contribution is 0.463. The molecular weight excluding hydrogens is 189 g/mol. The maximum atomic E-state index is 5.47. The first kappa shape index (κ1) is 10.8. The van der Waals surface area contributed by atoms with E-state index in [1.807, 2.05) is 48.5 Å². The van der Waals surface area contributed by atoms with Crippen LogP contribution in [0.25, 0.3) is 0 Å². The second-order valence-electron chi connectivity index (χ2n) is 2.58. The molecule has 0 unspecified atom stereocenters. The molecule has 2 nitrogen and oxygen atoms in total. The molecule has 1 heterocycles. The van der Waals surface area contributed by atoms with E-state index in [4.69, 9.17) is 4.74 Å². The van der Waals surface area contributed by atoms with Crippen LogP contribution in [0.15, 0.2) is 54.7 Å². The van der Waals surface area contributed by atoms with E-state index in [0.717, 1.165) is 5.75 Å². The highest BCUT2D eigenvalue weighted by atomic mass is 27.0. The van der Waals surface area contributed by atoms with E-state index in [1.54, 1.807) is 6.20 Å². The predicted molar refractivity (Wildman–Crippen MR) is 60.7 cm³/mol. The van der Waals surface area contributed by atoms with Crippen LogP contribution >= 0.6 is 0 Å². The summed E-state index contributed by atoms with van der Waals surface area (Å²) in [5, 5.41) is 0. The topological polar surface area (TPSA) is 22.1 Å². The van der Waals surface area contributed by atoms with Crippen LogP contribution in [0, 0.1) is 0 Å². The number of pyridine rings is 1. The van der Waals surface area contributed by atoms with E-state index >= 15 is 0 Å². The van der Waals surface area contributed by atoms with Crippen molar-refractivity contribution in [2.24, 2.45) is 0 Å². The van der Waals surface area contributed by atoms with Crippen LogP contribution in [-0.4, -0.2) is 22.3 Å². The average molecular weight is 201 g/mol. The summed E-state index contributed by atoms with van der Waals surface area (Å²) in [4.78, 5) is 4.05. The fourth-order valence-electron chi connectivity index (χ4n) is 1.02. The molecular formula is C11H12AlNO. The molecule has 3 heteroatoms. The minimum Gasteiger partial charge on any atom is -0.439 e. The summed E-state index contributed by atoms with van der Waals surface area (Å²) in [6.07, 6.45) is 1.71. The quantitative estimate of drug-likeness (QED) is 0.690. The van der Waals surface area contributed by atoms with E-state index in [2.05, 4.69) is 4.98 Å². The van der Waals surface area contributed by atoms with Crippen molar-refractivity contribution in [3.8, 4) is 11.6 Å². The van der Waals surface area contributed by atoms with E-state index < -0.39 is 0 Å². The summed E-state index contributed by atoms with van der Waals surface area (Å²) in [6, 6.07) is 15.2. The maximum Gasteiger partial charge on any atom is 0.219 e. The van der Waals surface area contributed by atoms with Gasteiger partial charge in [0.25, 0.3) is 0 Å². The summed E-state index contributed by atoms with van der Waals surface area (Å²) in [7, 11) is 0. The molecule has 0 aliphatic heterocycles. The highest BCUT2D eigenvalue weighted by Crippen LogP contribution is 2.17. The molecule has 0 fully saturated rings. The van der Waals surface area contributed by atoms with Gasteiger partial charge in [-0.3, -0.25) is 0 Å². The molecule has 14 heavy (non-hydrogen) atoms. The van der Waals surface area contributed by atoms with Gasteiger partial charge in [0.05, 0.1) is 0 Å². The summed E-state index contributed by atoms with van der Waals surface area (Å²) < 4.78 is 5.47. The molecule has 2 rings (SSSR count). The number of benzene rings is 1. The lowest BCUT2D eigenvalue weighted by atomic mass is 10.3. The SMILES string of the molecule is [AlH3].c1ccc(Oc2ccccn2)cc1. The zero-order valence-electron chi connectivity index (χ0n) is 7.05. The molecule has 0 aliphatic carbocycles. The summed E-state index contributed by atoms with van der Waals surface area (Å²) in [5.74, 6) is 1.43. The Balaban J connectivity index is 0.000000980. The zero-order valence-corrected chi connectivity index (χ0v) is 7.05. The number of hydrogen-bond acceptors (Lipinski definition) is 2. The minimum atomic E-state index is 0. The fraction of sp³-hybridized carbons (Fsp3) is 0. The first-order valence-electron chi connectivity index (χ1n) is 4.09. The molecule has 0 saturated heterocycles. The first-order valence-corrected chi connectivity index (χ1v) is 4.09. The van der Waals surface area contributed by atoms with E-state index in [-0.39, 0.29) is 17.4 Å². The van der Waals surface area contributed by atoms with Gasteiger partial charge in [-0.2, -0.15) is 0 Å². The van der Waals surface area contributed by atoms with E-state index in [1.165, 1.54) is 0 Å². The Bertz CT molecular complexity index is 326. The van der Waals surface area contributed by atoms with Crippen molar-refractivity contribution >= 4 is 17.4 Å². The highest BCUT2D eigenvalue weighted by molar-refractivity contribution is 5.75. The first-order chi connectivity index (χ1) is 6.45. The lowest BCUT2D eigenvalue weighted by Gasteiger charge is -2.02. The summed E-state index contributed by atoms with van der Waals surface area (Å²) in [6.45, 7) is 0. The summed E-state index contributed by atoms with van der Waals surface area (Å²) >= 11 is 0. The van der Waals surface area contributed by atoms with Crippen molar-refractivity contribution in [3.63, 3.8) is 0 Å². The Labute approximate surface area is 93.7 Å². The number of para-hydroxylation sites is 1. The Hall–Kier alpha value is -1.30. The van der Waals surface area contributed by atoms with Crippen LogP contribution in [0.5, 0.6) is 11.6 Å². The van der Waals surface area contributed by atoms with Crippen LogP contribution in [-0.2, 0) is 0 Å². The molecule has 1 aromatic carbocycles. The molecule has 1 aromatic heterocycles. The lowest BCUT2D eigenvalue weighted by Crippen LogP contribution is -1.85. The molecule has 2 aromatic rings. The number of ether oxygens (including phenoxy) is 1. The molecule has 0 amide bonds. The molecule has 0 spiro atoms. The van der Waals surface area contributed by atoms with Crippen LogP contribution in [0.1, 0.15) is 0 Å². The van der Waals surface area contributed by atoms with Gasteiger partial charge >= 0.3 is 0 Å². The van der Waals surface area contributed by atoms with Crippen LogP contribution in [0.2, 0.25) is 0 Å². The Morgan fingerprint density at radius 1 is 0.857 bits per heavy atom. The Kier molecular flexibility index (Phi) is 4.19. The van der Waals surface area contributed by atoms with Crippen molar-refractivity contribution in [3.05, 3.63) is 54.7 Å². The van der Waals surface area contributed by atoms with Gasteiger partial charge in [0.1, 0.15) is 5.75 Å². The fourth-order valence-corrected chi connectivity index (χ4v) is 1.02. The Morgan fingerprint density at radius 3 is 2.21 bits per heavy atom. The van der Waals surface area contributed by atoms with Gasteiger partial charge in [0, 0.05) is 12.3 Å². The van der Waals surface area contributed by atoms with Gasteiger partial charge in [-0.1, -0.05) is 24.3 Å². The molecule has 0 radical (unpaired) electrons. The van der Waals surface area contributed by atoms with Crippen LogP contribution in [0.3, 0.4) is 0 Å². The van der Waals surface area contributed by atoms with Gasteiger partial charge in [-0.25, -0.2) is 4.98 Å². The van der Waals surface area contributed by atoms with Crippen LogP contribution < -0.4 is 4.74 Å². The number of aromatic nitrogens is 1. The van der Waals surface area contributed by atoms with Crippen molar-refractivity contribution in [2.75, 3.05) is 0 Å². The van der Waals surface area contributed by atoms with Crippen molar-refractivity contribution in [2.45, 2.75) is 0 Å². The Morgan fingerprint density at radius 2 is 1.57 bits per heavy atom. The van der Waals surface area contributed by atoms with Gasteiger partial charge < -0.3 is 4.74 Å². The van der Waals surface area contributed by atoms with Crippen LogP contribution in [0.4, 0.5) is 0 Å². The molecule has 0 atom stereocenters. The van der Waals surface area contributed by atoms with Crippen molar-refractivity contribution in [1.82, 2.24) is 4.98 Å². The zero-order chi connectivity index (χ0) is 8.93.